The smallest absolute Gasteiger partial charge is 0.253 e. The molecule has 0 radical (unpaired) electrons. The number of aromatic nitrogens is 3. The third-order valence-corrected chi connectivity index (χ3v) is 7.33. The number of hydrogen-bond donors (Lipinski definition) is 1. The summed E-state index contributed by atoms with van der Waals surface area (Å²) in [6, 6.07) is 10.1. The first kappa shape index (κ1) is 25.9. The van der Waals surface area contributed by atoms with Gasteiger partial charge in [0.05, 0.1) is 25.1 Å². The summed E-state index contributed by atoms with van der Waals surface area (Å²) >= 11 is 0. The Morgan fingerprint density at radius 3 is 2.71 bits per heavy atom. The van der Waals surface area contributed by atoms with Gasteiger partial charge in [-0.1, -0.05) is 12.1 Å². The lowest BCUT2D eigenvalue weighted by molar-refractivity contribution is 0.0703. The van der Waals surface area contributed by atoms with Crippen LogP contribution >= 0.6 is 0 Å². The van der Waals surface area contributed by atoms with E-state index in [0.717, 1.165) is 64.4 Å². The normalized spacial score (nSPS) is 14.4. The first-order valence-corrected chi connectivity index (χ1v) is 12.9. The summed E-state index contributed by atoms with van der Waals surface area (Å²) in [7, 11) is 7.52. The molecule has 2 aromatic carbocycles. The average Bonchev–Trinajstić information content (AvgIpc) is 3.22. The predicted molar refractivity (Wildman–Crippen MR) is 149 cm³/mol. The van der Waals surface area contributed by atoms with Crippen molar-refractivity contribution in [3.05, 3.63) is 65.0 Å². The number of aliphatic hydroxyl groups is 1. The maximum absolute atomic E-state index is 12.9. The zero-order chi connectivity index (χ0) is 27.1. The third-order valence-electron chi connectivity index (χ3n) is 7.33. The van der Waals surface area contributed by atoms with Gasteiger partial charge >= 0.3 is 0 Å². The number of aryl methyl sites for hydroxylation is 2. The molecule has 1 amide bonds. The number of rotatable bonds is 6. The van der Waals surface area contributed by atoms with Gasteiger partial charge in [-0.3, -0.25) is 4.79 Å². The van der Waals surface area contributed by atoms with E-state index in [2.05, 4.69) is 24.1 Å². The molecule has 1 N–H and O–H groups in total. The number of fused-ring (bicyclic) bond motifs is 2. The fourth-order valence-electron chi connectivity index (χ4n) is 5.34. The van der Waals surface area contributed by atoms with E-state index >= 15 is 0 Å². The van der Waals surface area contributed by atoms with E-state index in [4.69, 9.17) is 14.7 Å². The second-order valence-corrected chi connectivity index (χ2v) is 10.4. The van der Waals surface area contributed by atoms with Gasteiger partial charge in [0.15, 0.2) is 5.65 Å². The van der Waals surface area contributed by atoms with Crippen LogP contribution in [-0.4, -0.2) is 75.7 Å². The molecule has 3 heterocycles. The van der Waals surface area contributed by atoms with Crippen LogP contribution in [0, 0.1) is 6.92 Å². The molecule has 0 saturated heterocycles. The number of aliphatic hydroxyl groups excluding tert-OH is 1. The van der Waals surface area contributed by atoms with Crippen molar-refractivity contribution in [2.75, 3.05) is 34.3 Å². The van der Waals surface area contributed by atoms with Gasteiger partial charge in [-0.05, 0) is 62.2 Å². The maximum atomic E-state index is 12.9. The topological polar surface area (TPSA) is 83.7 Å². The molecule has 0 aliphatic carbocycles. The predicted octanol–water partition coefficient (Wildman–Crippen LogP) is 4.06. The van der Waals surface area contributed by atoms with E-state index in [-0.39, 0.29) is 12.5 Å². The van der Waals surface area contributed by atoms with E-state index in [1.165, 1.54) is 11.1 Å². The molecule has 1 atom stereocenters. The number of methoxy groups -OCH3 is 1. The van der Waals surface area contributed by atoms with E-state index in [1.54, 1.807) is 26.0 Å². The summed E-state index contributed by atoms with van der Waals surface area (Å²) in [4.78, 5) is 26.6. The van der Waals surface area contributed by atoms with Crippen molar-refractivity contribution in [3.63, 3.8) is 0 Å². The molecule has 0 unspecified atom stereocenters. The standard InChI is InChI=1S/C30H35N5O3/c1-18-11-20(7-8-23(18)30(37)35(5)15-19(2)36)25-17-34(4)29-28(25)32-26(14-31-29)22-12-21-9-10-33(3)16-24(21)27(13-22)38-6/h7-8,11-14,17,19,36H,9-10,15-16H2,1-6H3/t19-/m0/s1. The van der Waals surface area contributed by atoms with Crippen LogP contribution in [0.1, 0.15) is 34.0 Å². The SMILES string of the molecule is COc1cc(-c2cnc3c(n2)c(-c2ccc(C(=O)N(C)C[C@H](C)O)c(C)c2)cn3C)cc2c1CN(C)CC2. The van der Waals surface area contributed by atoms with Crippen molar-refractivity contribution in [3.8, 4) is 28.1 Å². The highest BCUT2D eigenvalue weighted by atomic mass is 16.5. The van der Waals surface area contributed by atoms with Crippen molar-refractivity contribution in [1.29, 1.82) is 0 Å². The molecule has 2 aromatic heterocycles. The Kier molecular flexibility index (Phi) is 6.94. The first-order valence-electron chi connectivity index (χ1n) is 12.9. The Balaban J connectivity index is 1.55. The molecule has 0 fully saturated rings. The fraction of sp³-hybridized carbons (Fsp3) is 0.367. The Hall–Kier alpha value is -3.75. The molecular weight excluding hydrogens is 478 g/mol. The lowest BCUT2D eigenvalue weighted by Gasteiger charge is -2.27. The Labute approximate surface area is 223 Å². The average molecular weight is 514 g/mol. The van der Waals surface area contributed by atoms with Crippen LogP contribution in [-0.2, 0) is 20.0 Å². The summed E-state index contributed by atoms with van der Waals surface area (Å²) in [5, 5.41) is 9.67. The van der Waals surface area contributed by atoms with E-state index < -0.39 is 6.10 Å². The molecule has 1 aliphatic heterocycles. The van der Waals surface area contributed by atoms with Gasteiger partial charge in [-0.25, -0.2) is 9.97 Å². The number of benzene rings is 2. The summed E-state index contributed by atoms with van der Waals surface area (Å²) < 4.78 is 7.75. The van der Waals surface area contributed by atoms with Gasteiger partial charge in [-0.15, -0.1) is 0 Å². The number of carbonyl (C=O) groups is 1. The highest BCUT2D eigenvalue weighted by Gasteiger charge is 2.21. The van der Waals surface area contributed by atoms with Gasteiger partial charge < -0.3 is 24.2 Å². The highest BCUT2D eigenvalue weighted by Crippen LogP contribution is 2.35. The van der Waals surface area contributed by atoms with E-state index in [9.17, 15) is 9.90 Å². The minimum atomic E-state index is -0.580. The lowest BCUT2D eigenvalue weighted by atomic mass is 9.95. The van der Waals surface area contributed by atoms with Gasteiger partial charge in [0.1, 0.15) is 11.3 Å². The first-order chi connectivity index (χ1) is 18.2. The summed E-state index contributed by atoms with van der Waals surface area (Å²) in [6.45, 7) is 5.78. The monoisotopic (exact) mass is 513 g/mol. The van der Waals surface area contributed by atoms with Crippen molar-refractivity contribution in [2.24, 2.45) is 7.05 Å². The molecule has 38 heavy (non-hydrogen) atoms. The number of ether oxygens (including phenoxy) is 1. The van der Waals surface area contributed by atoms with Crippen LogP contribution in [0.4, 0.5) is 0 Å². The second kappa shape index (κ2) is 10.2. The van der Waals surface area contributed by atoms with Crippen LogP contribution in [0.2, 0.25) is 0 Å². The number of hydrogen-bond acceptors (Lipinski definition) is 6. The molecule has 5 rings (SSSR count). The molecule has 4 aromatic rings. The van der Waals surface area contributed by atoms with Gasteiger partial charge in [0.25, 0.3) is 5.91 Å². The van der Waals surface area contributed by atoms with Crippen molar-refractivity contribution >= 4 is 17.1 Å². The number of carbonyl (C=O) groups excluding carboxylic acids is 1. The minimum absolute atomic E-state index is 0.109. The van der Waals surface area contributed by atoms with Crippen LogP contribution < -0.4 is 4.74 Å². The van der Waals surface area contributed by atoms with Crippen molar-refractivity contribution in [1.82, 2.24) is 24.3 Å². The molecule has 1 aliphatic rings. The lowest BCUT2D eigenvalue weighted by Crippen LogP contribution is -2.33. The van der Waals surface area contributed by atoms with Crippen LogP contribution in [0.3, 0.4) is 0 Å². The molecule has 0 bridgehead atoms. The van der Waals surface area contributed by atoms with Crippen LogP contribution in [0.15, 0.2) is 42.7 Å². The largest absolute Gasteiger partial charge is 0.496 e. The number of nitrogens with zero attached hydrogens (tertiary/aromatic N) is 5. The van der Waals surface area contributed by atoms with Crippen LogP contribution in [0.5, 0.6) is 5.75 Å². The second-order valence-electron chi connectivity index (χ2n) is 10.4. The van der Waals surface area contributed by atoms with E-state index in [1.807, 2.05) is 49.1 Å². The number of amides is 1. The van der Waals surface area contributed by atoms with Crippen molar-refractivity contribution in [2.45, 2.75) is 32.9 Å². The molecule has 8 heteroatoms. The summed E-state index contributed by atoms with van der Waals surface area (Å²) in [5.74, 6) is 0.776. The number of likely N-dealkylation sites (N-methyl/N-ethyl adjacent to an activating group) is 2. The van der Waals surface area contributed by atoms with E-state index in [0.29, 0.717) is 5.56 Å². The fourth-order valence-corrected chi connectivity index (χ4v) is 5.34. The Morgan fingerprint density at radius 1 is 1.21 bits per heavy atom. The molecular formula is C30H35N5O3. The van der Waals surface area contributed by atoms with Gasteiger partial charge in [0.2, 0.25) is 0 Å². The maximum Gasteiger partial charge on any atom is 0.253 e. The molecule has 0 spiro atoms. The zero-order valence-corrected chi connectivity index (χ0v) is 22.9. The Morgan fingerprint density at radius 2 is 2.00 bits per heavy atom. The quantitative estimate of drug-likeness (QED) is 0.419. The van der Waals surface area contributed by atoms with Gasteiger partial charge in [-0.2, -0.15) is 0 Å². The zero-order valence-electron chi connectivity index (χ0n) is 22.9. The molecule has 8 nitrogen and oxygen atoms in total. The summed E-state index contributed by atoms with van der Waals surface area (Å²) in [6.07, 6.45) is 4.25. The summed E-state index contributed by atoms with van der Waals surface area (Å²) in [5.41, 5.74) is 9.36. The van der Waals surface area contributed by atoms with Gasteiger partial charge in [0, 0.05) is 62.2 Å². The highest BCUT2D eigenvalue weighted by molar-refractivity contribution is 5.97. The molecule has 0 saturated carbocycles. The molecule has 198 valence electrons. The van der Waals surface area contributed by atoms with Crippen LogP contribution in [0.25, 0.3) is 33.5 Å². The Bertz CT molecular complexity index is 1510. The minimum Gasteiger partial charge on any atom is -0.496 e. The van der Waals surface area contributed by atoms with Crippen molar-refractivity contribution < 1.29 is 14.6 Å². The third kappa shape index (κ3) is 4.77.